The van der Waals surface area contributed by atoms with E-state index in [0.29, 0.717) is 5.69 Å². The van der Waals surface area contributed by atoms with Gasteiger partial charge in [-0.15, -0.1) is 6.58 Å². The predicted octanol–water partition coefficient (Wildman–Crippen LogP) is 4.68. The molecule has 37 heavy (non-hydrogen) atoms. The first kappa shape index (κ1) is 25.2. The molecule has 0 fully saturated rings. The molecule has 2 unspecified atom stereocenters. The highest BCUT2D eigenvalue weighted by Gasteiger charge is 2.46. The second-order valence-corrected chi connectivity index (χ2v) is 8.62. The molecule has 0 saturated heterocycles. The quantitative estimate of drug-likeness (QED) is 0.207. The van der Waals surface area contributed by atoms with Crippen LogP contribution in [0, 0.1) is 0 Å². The molecule has 0 radical (unpaired) electrons. The largest absolute Gasteiger partial charge is 0.444 e. The molecule has 0 bridgehead atoms. The number of benzene rings is 2. The van der Waals surface area contributed by atoms with E-state index in [1.165, 1.54) is 16.8 Å². The van der Waals surface area contributed by atoms with Gasteiger partial charge in [-0.1, -0.05) is 59.7 Å². The van der Waals surface area contributed by atoms with Gasteiger partial charge in [0.25, 0.3) is 5.56 Å². The molecule has 0 aliphatic carbocycles. The number of hydrogen-bond acceptors (Lipinski definition) is 6. The number of anilines is 2. The van der Waals surface area contributed by atoms with Crippen molar-refractivity contribution in [3.63, 3.8) is 0 Å². The van der Waals surface area contributed by atoms with Gasteiger partial charge in [-0.25, -0.2) is 9.78 Å². The van der Waals surface area contributed by atoms with Crippen molar-refractivity contribution < 1.29 is 14.3 Å². The molecule has 11 heteroatoms. The van der Waals surface area contributed by atoms with E-state index in [-0.39, 0.29) is 31.1 Å². The van der Waals surface area contributed by atoms with Crippen molar-refractivity contribution in [3.8, 4) is 0 Å². The van der Waals surface area contributed by atoms with Crippen LogP contribution in [0.5, 0.6) is 0 Å². The number of rotatable bonds is 8. The Morgan fingerprint density at radius 2 is 1.95 bits per heavy atom. The van der Waals surface area contributed by atoms with Gasteiger partial charge in [-0.05, 0) is 36.6 Å². The second-order valence-electron chi connectivity index (χ2n) is 8.62. The molecule has 188 valence electrons. The van der Waals surface area contributed by atoms with Crippen molar-refractivity contribution in [1.29, 1.82) is 0 Å². The lowest BCUT2D eigenvalue weighted by Gasteiger charge is -2.22. The molecular formula is C26H25N7O4. The van der Waals surface area contributed by atoms with Crippen molar-refractivity contribution in [3.05, 3.63) is 112 Å². The Labute approximate surface area is 212 Å². The standard InChI is InChI=1S/C26H25N7O4/c1-3-14-32(25(36)37-17-18-10-6-4-7-11-18)21-16-28-24-26(2,30-31-27)15-20(33(24)23(21)35)22(34)29-19-12-8-5-9-13-19/h3-13,16,20H,1,14-15,17H2,2H3,(H,29,34). The molecule has 1 aliphatic rings. The predicted molar refractivity (Wildman–Crippen MR) is 138 cm³/mol. The van der Waals surface area contributed by atoms with E-state index in [1.807, 2.05) is 36.4 Å². The van der Waals surface area contributed by atoms with Crippen LogP contribution in [0.1, 0.15) is 30.8 Å². The first-order valence-corrected chi connectivity index (χ1v) is 11.5. The minimum Gasteiger partial charge on any atom is -0.444 e. The van der Waals surface area contributed by atoms with Crippen LogP contribution in [-0.4, -0.2) is 28.1 Å². The third-order valence-electron chi connectivity index (χ3n) is 6.00. The van der Waals surface area contributed by atoms with Crippen LogP contribution in [0.15, 0.2) is 89.4 Å². The first-order chi connectivity index (χ1) is 17.9. The molecule has 4 rings (SSSR count). The average molecular weight is 500 g/mol. The van der Waals surface area contributed by atoms with Gasteiger partial charge in [0, 0.05) is 17.1 Å². The van der Waals surface area contributed by atoms with E-state index < -0.39 is 29.1 Å². The van der Waals surface area contributed by atoms with Gasteiger partial charge in [0.15, 0.2) is 0 Å². The number of nitrogens with one attached hydrogen (secondary N) is 1. The van der Waals surface area contributed by atoms with Crippen molar-refractivity contribution in [1.82, 2.24) is 9.55 Å². The van der Waals surface area contributed by atoms with Crippen LogP contribution in [-0.2, 0) is 21.7 Å². The molecule has 2 amide bonds. The van der Waals surface area contributed by atoms with Gasteiger partial charge in [0.05, 0.1) is 6.20 Å². The van der Waals surface area contributed by atoms with Crippen LogP contribution in [0.4, 0.5) is 16.2 Å². The normalized spacial score (nSPS) is 17.7. The van der Waals surface area contributed by atoms with Gasteiger partial charge in [-0.2, -0.15) is 0 Å². The van der Waals surface area contributed by atoms with Gasteiger partial charge in [-0.3, -0.25) is 19.1 Å². The van der Waals surface area contributed by atoms with Crippen molar-refractivity contribution in [2.75, 3.05) is 16.8 Å². The third-order valence-corrected chi connectivity index (χ3v) is 6.00. The highest BCUT2D eigenvalue weighted by Crippen LogP contribution is 2.41. The molecule has 1 N–H and O–H groups in total. The van der Waals surface area contributed by atoms with Crippen LogP contribution in [0.3, 0.4) is 0 Å². The number of azide groups is 1. The fourth-order valence-electron chi connectivity index (χ4n) is 4.23. The number of carbonyl (C=O) groups excluding carboxylic acids is 2. The minimum absolute atomic E-state index is 0.00405. The molecule has 0 spiro atoms. The summed E-state index contributed by atoms with van der Waals surface area (Å²) >= 11 is 0. The Kier molecular flexibility index (Phi) is 7.36. The maximum absolute atomic E-state index is 13.7. The molecule has 1 aliphatic heterocycles. The number of amides is 2. The first-order valence-electron chi connectivity index (χ1n) is 11.5. The number of hydrogen-bond donors (Lipinski definition) is 1. The summed E-state index contributed by atoms with van der Waals surface area (Å²) in [5.74, 6) is -0.351. The highest BCUT2D eigenvalue weighted by molar-refractivity contribution is 5.94. The van der Waals surface area contributed by atoms with E-state index in [2.05, 4.69) is 26.9 Å². The zero-order valence-corrected chi connectivity index (χ0v) is 20.2. The van der Waals surface area contributed by atoms with E-state index in [9.17, 15) is 14.4 Å². The summed E-state index contributed by atoms with van der Waals surface area (Å²) in [4.78, 5) is 48.4. The van der Waals surface area contributed by atoms with E-state index in [4.69, 9.17) is 10.3 Å². The van der Waals surface area contributed by atoms with Crippen LogP contribution < -0.4 is 15.8 Å². The average Bonchev–Trinajstić information content (AvgIpc) is 3.21. The summed E-state index contributed by atoms with van der Waals surface area (Å²) in [6.07, 6.45) is 1.92. The number of ether oxygens (including phenoxy) is 1. The zero-order valence-electron chi connectivity index (χ0n) is 20.2. The molecular weight excluding hydrogens is 474 g/mol. The van der Waals surface area contributed by atoms with Crippen LogP contribution in [0.25, 0.3) is 10.4 Å². The Hall–Kier alpha value is -4.89. The van der Waals surface area contributed by atoms with Crippen molar-refractivity contribution in [2.24, 2.45) is 5.11 Å². The highest BCUT2D eigenvalue weighted by atomic mass is 16.6. The SMILES string of the molecule is C=CCN(C(=O)OCc1ccccc1)c1cnc2n(c1=O)C(C(=O)Nc1ccccc1)CC2(C)N=[N+]=[N-]. The summed E-state index contributed by atoms with van der Waals surface area (Å²) in [5, 5.41) is 6.63. The lowest BCUT2D eigenvalue weighted by molar-refractivity contribution is -0.119. The molecule has 3 aromatic rings. The summed E-state index contributed by atoms with van der Waals surface area (Å²) in [6.45, 7) is 5.25. The van der Waals surface area contributed by atoms with E-state index in [1.54, 1.807) is 31.2 Å². The third kappa shape index (κ3) is 5.21. The van der Waals surface area contributed by atoms with Crippen LogP contribution >= 0.6 is 0 Å². The van der Waals surface area contributed by atoms with Gasteiger partial charge in [0.2, 0.25) is 5.91 Å². The number of fused-ring (bicyclic) bond motifs is 1. The van der Waals surface area contributed by atoms with E-state index in [0.717, 1.165) is 10.5 Å². The summed E-state index contributed by atoms with van der Waals surface area (Å²) < 4.78 is 6.61. The zero-order chi connectivity index (χ0) is 26.4. The summed E-state index contributed by atoms with van der Waals surface area (Å²) in [5.41, 5.74) is 8.48. The second kappa shape index (κ2) is 10.8. The number of para-hydroxylation sites is 1. The summed E-state index contributed by atoms with van der Waals surface area (Å²) in [7, 11) is 0. The van der Waals surface area contributed by atoms with Crippen molar-refractivity contribution in [2.45, 2.75) is 31.5 Å². The molecule has 2 aromatic carbocycles. The Morgan fingerprint density at radius 1 is 1.27 bits per heavy atom. The summed E-state index contributed by atoms with van der Waals surface area (Å²) in [6, 6.07) is 16.9. The van der Waals surface area contributed by atoms with Gasteiger partial charge >= 0.3 is 6.09 Å². The maximum atomic E-state index is 13.7. The van der Waals surface area contributed by atoms with E-state index >= 15 is 0 Å². The lowest BCUT2D eigenvalue weighted by Crippen LogP contribution is -2.40. The smallest absolute Gasteiger partial charge is 0.415 e. The van der Waals surface area contributed by atoms with Crippen LogP contribution in [0.2, 0.25) is 0 Å². The Bertz CT molecular complexity index is 1420. The fraction of sp³-hybridized carbons (Fsp3) is 0.231. The molecule has 11 nitrogen and oxygen atoms in total. The molecule has 0 saturated carbocycles. The molecule has 2 atom stereocenters. The monoisotopic (exact) mass is 499 g/mol. The molecule has 1 aromatic heterocycles. The van der Waals surface area contributed by atoms with Gasteiger partial charge in [0.1, 0.15) is 29.7 Å². The minimum atomic E-state index is -1.25. The number of aromatic nitrogens is 2. The van der Waals surface area contributed by atoms with Crippen molar-refractivity contribution >= 4 is 23.4 Å². The topological polar surface area (TPSA) is 142 Å². The maximum Gasteiger partial charge on any atom is 0.415 e. The number of carbonyl (C=O) groups is 2. The Morgan fingerprint density at radius 3 is 2.59 bits per heavy atom. The fourth-order valence-corrected chi connectivity index (χ4v) is 4.23. The Balaban J connectivity index is 1.71. The van der Waals surface area contributed by atoms with Gasteiger partial charge < -0.3 is 10.1 Å². The number of nitrogens with zero attached hydrogens (tertiary/aromatic N) is 6. The molecule has 2 heterocycles. The lowest BCUT2D eigenvalue weighted by atomic mass is 9.98.